The highest BCUT2D eigenvalue weighted by Gasteiger charge is 2.35. The number of piperazine rings is 1. The normalized spacial score (nSPS) is 18.7. The smallest absolute Gasteiger partial charge is 0.263 e. The van der Waals surface area contributed by atoms with Crippen LogP contribution in [-0.4, -0.2) is 74.2 Å². The molecule has 0 spiro atoms. The molecule has 1 fully saturated rings. The van der Waals surface area contributed by atoms with E-state index in [1.165, 1.54) is 20.5 Å². The third-order valence-corrected chi connectivity index (χ3v) is 10.0. The van der Waals surface area contributed by atoms with Crippen LogP contribution in [0.4, 0.5) is 16.5 Å². The first-order chi connectivity index (χ1) is 18.3. The number of sulfonamides is 1. The molecule has 5 rings (SSSR count). The standard InChI is InChI=1S/C26H30IN5O4S2/c1-18(31-11-2-3-19-15-20(27)4-9-24(19)31)25(34)32-13-12-30(16-22(32)17-33)21-5-7-23(8-6-21)38(35,36)29-26-28-10-14-37-26/h4-10,14-15,18,22,33H,2-3,11-13,16-17H2,1H3,(H,28,29)/t18-,22-/m1/s1. The van der Waals surface area contributed by atoms with E-state index in [9.17, 15) is 18.3 Å². The highest BCUT2D eigenvalue weighted by Crippen LogP contribution is 2.31. The Bertz CT molecular complexity index is 1390. The first-order valence-corrected chi connectivity index (χ1v) is 15.9. The summed E-state index contributed by atoms with van der Waals surface area (Å²) in [6.45, 7) is 4.17. The minimum Gasteiger partial charge on any atom is -0.394 e. The molecule has 0 saturated carbocycles. The number of thiazole rings is 1. The maximum atomic E-state index is 13.6. The summed E-state index contributed by atoms with van der Waals surface area (Å²) in [5.41, 5.74) is 3.24. The van der Waals surface area contributed by atoms with Crippen molar-refractivity contribution >= 4 is 66.4 Å². The minimum absolute atomic E-state index is 0.0183. The number of aliphatic hydroxyl groups excluding tert-OH is 1. The number of nitrogens with one attached hydrogen (secondary N) is 1. The Hall–Kier alpha value is -2.42. The second-order valence-electron chi connectivity index (χ2n) is 9.50. The number of aryl methyl sites for hydroxylation is 1. The third kappa shape index (κ3) is 5.63. The quantitative estimate of drug-likeness (QED) is 0.373. The number of fused-ring (bicyclic) bond motifs is 1. The Balaban J connectivity index is 1.26. The molecule has 2 N–H and O–H groups in total. The van der Waals surface area contributed by atoms with Crippen LogP contribution < -0.4 is 14.5 Å². The van der Waals surface area contributed by atoms with Crippen molar-refractivity contribution in [1.82, 2.24) is 9.88 Å². The van der Waals surface area contributed by atoms with Gasteiger partial charge < -0.3 is 19.8 Å². The molecule has 2 aromatic carbocycles. The molecular weight excluding hydrogens is 637 g/mol. The second kappa shape index (κ2) is 11.4. The molecule has 0 bridgehead atoms. The summed E-state index contributed by atoms with van der Waals surface area (Å²) in [5, 5.41) is 12.2. The average Bonchev–Trinajstić information content (AvgIpc) is 3.43. The summed E-state index contributed by atoms with van der Waals surface area (Å²) in [4.78, 5) is 23.8. The summed E-state index contributed by atoms with van der Waals surface area (Å²) in [5.74, 6) is 0.0183. The fourth-order valence-electron chi connectivity index (χ4n) is 5.19. The lowest BCUT2D eigenvalue weighted by atomic mass is 9.99. The molecule has 38 heavy (non-hydrogen) atoms. The molecule has 12 heteroatoms. The van der Waals surface area contributed by atoms with Crippen LogP contribution in [0, 0.1) is 3.57 Å². The number of aliphatic hydroxyl groups is 1. The number of halogens is 1. The van der Waals surface area contributed by atoms with Gasteiger partial charge in [0.15, 0.2) is 5.13 Å². The van der Waals surface area contributed by atoms with Gasteiger partial charge in [0, 0.05) is 52.7 Å². The van der Waals surface area contributed by atoms with Gasteiger partial charge in [0.2, 0.25) is 5.91 Å². The van der Waals surface area contributed by atoms with E-state index in [0.717, 1.165) is 30.8 Å². The molecule has 0 unspecified atom stereocenters. The number of nitrogens with zero attached hydrogens (tertiary/aromatic N) is 4. The molecule has 3 heterocycles. The van der Waals surface area contributed by atoms with Crippen molar-refractivity contribution in [3.8, 4) is 0 Å². The predicted octanol–water partition coefficient (Wildman–Crippen LogP) is 3.40. The summed E-state index contributed by atoms with van der Waals surface area (Å²) in [6, 6.07) is 12.3. The molecule has 2 aliphatic rings. The van der Waals surface area contributed by atoms with Crippen LogP contribution in [0.2, 0.25) is 0 Å². The second-order valence-corrected chi connectivity index (χ2v) is 13.3. The van der Waals surface area contributed by atoms with Crippen LogP contribution in [0.5, 0.6) is 0 Å². The number of hydrogen-bond donors (Lipinski definition) is 2. The van der Waals surface area contributed by atoms with Crippen molar-refractivity contribution in [3.63, 3.8) is 0 Å². The third-order valence-electron chi connectivity index (χ3n) is 7.16. The number of hydrogen-bond acceptors (Lipinski definition) is 8. The number of amides is 1. The fraction of sp³-hybridized carbons (Fsp3) is 0.385. The number of aromatic nitrogens is 1. The Morgan fingerprint density at radius 3 is 2.71 bits per heavy atom. The zero-order valence-corrected chi connectivity index (χ0v) is 24.7. The van der Waals surface area contributed by atoms with Crippen LogP contribution in [0.1, 0.15) is 18.9 Å². The number of anilines is 3. The molecule has 202 valence electrons. The van der Waals surface area contributed by atoms with Gasteiger partial charge in [-0.25, -0.2) is 13.4 Å². The van der Waals surface area contributed by atoms with E-state index in [1.807, 2.05) is 6.92 Å². The minimum atomic E-state index is -3.73. The van der Waals surface area contributed by atoms with Crippen LogP contribution in [0.15, 0.2) is 58.9 Å². The molecular formula is C26H30IN5O4S2. The molecule has 2 aliphatic heterocycles. The monoisotopic (exact) mass is 667 g/mol. The van der Waals surface area contributed by atoms with Crippen LogP contribution in [-0.2, 0) is 21.2 Å². The van der Waals surface area contributed by atoms with Crippen molar-refractivity contribution < 1.29 is 18.3 Å². The maximum absolute atomic E-state index is 13.6. The van der Waals surface area contributed by atoms with Gasteiger partial charge in [0.1, 0.15) is 6.04 Å². The summed E-state index contributed by atoms with van der Waals surface area (Å²) < 4.78 is 29.0. The molecule has 0 aliphatic carbocycles. The summed E-state index contributed by atoms with van der Waals surface area (Å²) >= 11 is 3.54. The summed E-state index contributed by atoms with van der Waals surface area (Å²) in [6.07, 6.45) is 3.57. The highest BCUT2D eigenvalue weighted by molar-refractivity contribution is 14.1. The van der Waals surface area contributed by atoms with Gasteiger partial charge in [-0.3, -0.25) is 9.52 Å². The summed E-state index contributed by atoms with van der Waals surface area (Å²) in [7, 11) is -3.73. The van der Waals surface area contributed by atoms with Crippen molar-refractivity contribution in [1.29, 1.82) is 0 Å². The van der Waals surface area contributed by atoms with E-state index in [0.29, 0.717) is 24.8 Å². The van der Waals surface area contributed by atoms with Crippen LogP contribution in [0.25, 0.3) is 0 Å². The van der Waals surface area contributed by atoms with Gasteiger partial charge in [-0.05, 0) is 90.4 Å². The largest absolute Gasteiger partial charge is 0.394 e. The highest BCUT2D eigenvalue weighted by atomic mass is 127. The van der Waals surface area contributed by atoms with Crippen LogP contribution >= 0.6 is 33.9 Å². The van der Waals surface area contributed by atoms with Crippen molar-refractivity contribution in [2.45, 2.75) is 36.7 Å². The molecule has 3 aromatic rings. The van der Waals surface area contributed by atoms with Gasteiger partial charge >= 0.3 is 0 Å². The van der Waals surface area contributed by atoms with Crippen molar-refractivity contribution in [3.05, 3.63) is 63.2 Å². The van der Waals surface area contributed by atoms with E-state index < -0.39 is 10.0 Å². The Morgan fingerprint density at radius 1 is 1.21 bits per heavy atom. The van der Waals surface area contributed by atoms with E-state index in [4.69, 9.17) is 0 Å². The van der Waals surface area contributed by atoms with E-state index in [1.54, 1.807) is 40.7 Å². The van der Waals surface area contributed by atoms with Gasteiger partial charge in [0.25, 0.3) is 10.0 Å². The van der Waals surface area contributed by atoms with E-state index in [-0.39, 0.29) is 29.5 Å². The average molecular weight is 668 g/mol. The molecule has 2 atom stereocenters. The van der Waals surface area contributed by atoms with Gasteiger partial charge in [-0.2, -0.15) is 0 Å². The number of carbonyl (C=O) groups excluding carboxylic acids is 1. The SMILES string of the molecule is C[C@H](C(=O)N1CCN(c2ccc(S(=O)(=O)Nc3nccs3)cc2)C[C@@H]1CO)N1CCCc2cc(I)ccc21. The van der Waals surface area contributed by atoms with Gasteiger partial charge in [-0.15, -0.1) is 11.3 Å². The Morgan fingerprint density at radius 2 is 2.00 bits per heavy atom. The van der Waals surface area contributed by atoms with Crippen molar-refractivity contribution in [2.24, 2.45) is 0 Å². The molecule has 1 saturated heterocycles. The van der Waals surface area contributed by atoms with Gasteiger partial charge in [-0.1, -0.05) is 0 Å². The lowest BCUT2D eigenvalue weighted by Gasteiger charge is -2.44. The van der Waals surface area contributed by atoms with E-state index >= 15 is 0 Å². The van der Waals surface area contributed by atoms with E-state index in [2.05, 4.69) is 60.3 Å². The molecule has 9 nitrogen and oxygen atoms in total. The Labute approximate surface area is 240 Å². The first kappa shape index (κ1) is 27.2. The molecule has 0 radical (unpaired) electrons. The fourth-order valence-corrected chi connectivity index (χ4v) is 7.53. The lowest BCUT2D eigenvalue weighted by molar-refractivity contribution is -0.136. The topological polar surface area (TPSA) is 106 Å². The zero-order chi connectivity index (χ0) is 26.9. The zero-order valence-electron chi connectivity index (χ0n) is 21.0. The predicted molar refractivity (Wildman–Crippen MR) is 158 cm³/mol. The Kier molecular flexibility index (Phi) is 8.12. The van der Waals surface area contributed by atoms with Crippen molar-refractivity contribution in [2.75, 3.05) is 47.3 Å². The molecule has 1 amide bonds. The van der Waals surface area contributed by atoms with Crippen LogP contribution in [0.3, 0.4) is 0 Å². The number of rotatable bonds is 7. The number of benzene rings is 2. The lowest BCUT2D eigenvalue weighted by Crippen LogP contribution is -2.60. The first-order valence-electron chi connectivity index (χ1n) is 12.5. The number of carbonyl (C=O) groups is 1. The van der Waals surface area contributed by atoms with Gasteiger partial charge in [0.05, 0.1) is 17.5 Å². The molecule has 1 aromatic heterocycles. The maximum Gasteiger partial charge on any atom is 0.263 e.